The lowest BCUT2D eigenvalue weighted by molar-refractivity contribution is -0.122. The summed E-state index contributed by atoms with van der Waals surface area (Å²) in [7, 11) is 1.57. The van der Waals surface area contributed by atoms with Gasteiger partial charge in [-0.25, -0.2) is 0 Å². The highest BCUT2D eigenvalue weighted by atomic mass is 16.5. The Morgan fingerprint density at radius 3 is 2.48 bits per heavy atom. The van der Waals surface area contributed by atoms with Gasteiger partial charge in [0.15, 0.2) is 6.10 Å². The number of methoxy groups -OCH3 is 1. The number of para-hydroxylation sites is 1. The molecule has 0 bridgehead atoms. The van der Waals surface area contributed by atoms with Crippen LogP contribution >= 0.6 is 0 Å². The second-order valence-corrected chi connectivity index (χ2v) is 7.24. The number of ether oxygens (including phenoxy) is 2. The first-order chi connectivity index (χ1) is 13.8. The van der Waals surface area contributed by atoms with Crippen LogP contribution in [0.2, 0.25) is 0 Å². The summed E-state index contributed by atoms with van der Waals surface area (Å²) in [6.45, 7) is 8.66. The first-order valence-corrected chi connectivity index (χ1v) is 9.77. The predicted octanol–water partition coefficient (Wildman–Crippen LogP) is 3.90. The number of nitrogens with one attached hydrogen (secondary N) is 2. The number of benzene rings is 2. The summed E-state index contributed by atoms with van der Waals surface area (Å²) in [5.74, 6) is 0.385. The molecular weight excluding hydrogens is 368 g/mol. The van der Waals surface area contributed by atoms with Crippen LogP contribution < -0.4 is 15.4 Å². The van der Waals surface area contributed by atoms with Crippen LogP contribution in [0.3, 0.4) is 0 Å². The molecule has 6 nitrogen and oxygen atoms in total. The van der Waals surface area contributed by atoms with E-state index in [1.165, 1.54) is 0 Å². The number of hydrogen-bond donors (Lipinski definition) is 2. The van der Waals surface area contributed by atoms with E-state index in [1.54, 1.807) is 38.3 Å². The van der Waals surface area contributed by atoms with Crippen molar-refractivity contribution in [1.29, 1.82) is 0 Å². The third-order valence-electron chi connectivity index (χ3n) is 4.49. The fourth-order valence-electron chi connectivity index (χ4n) is 2.85. The maximum Gasteiger partial charge on any atom is 0.265 e. The molecule has 0 aromatic heterocycles. The monoisotopic (exact) mass is 398 g/mol. The Hall–Kier alpha value is -2.86. The molecule has 2 N–H and O–H groups in total. The number of amides is 2. The molecule has 2 rings (SSSR count). The molecule has 0 fully saturated rings. The Labute approximate surface area is 172 Å². The largest absolute Gasteiger partial charge is 0.481 e. The number of hydrogen-bond acceptors (Lipinski definition) is 4. The molecule has 0 spiro atoms. The van der Waals surface area contributed by atoms with Crippen molar-refractivity contribution in [3.63, 3.8) is 0 Å². The second-order valence-electron chi connectivity index (χ2n) is 7.24. The number of carbonyl (C=O) groups is 2. The molecule has 0 heterocycles. The van der Waals surface area contributed by atoms with E-state index < -0.39 is 6.10 Å². The molecule has 0 aliphatic carbocycles. The summed E-state index contributed by atoms with van der Waals surface area (Å²) in [5.41, 5.74) is 2.95. The van der Waals surface area contributed by atoms with Gasteiger partial charge < -0.3 is 20.1 Å². The molecule has 0 aliphatic heterocycles. The van der Waals surface area contributed by atoms with Crippen LogP contribution in [-0.4, -0.2) is 38.2 Å². The summed E-state index contributed by atoms with van der Waals surface area (Å²) in [4.78, 5) is 25.1. The van der Waals surface area contributed by atoms with Gasteiger partial charge in [0.05, 0.1) is 17.9 Å². The molecule has 1 atom stereocenters. The van der Waals surface area contributed by atoms with Crippen LogP contribution in [0.15, 0.2) is 42.5 Å². The third kappa shape index (κ3) is 6.32. The Balaban J connectivity index is 2.11. The molecule has 0 radical (unpaired) electrons. The Kier molecular flexibility index (Phi) is 8.21. The van der Waals surface area contributed by atoms with Crippen molar-refractivity contribution in [2.24, 2.45) is 0 Å². The van der Waals surface area contributed by atoms with E-state index in [1.807, 2.05) is 25.1 Å². The zero-order chi connectivity index (χ0) is 21.4. The number of anilines is 1. The van der Waals surface area contributed by atoms with E-state index in [0.717, 1.165) is 11.1 Å². The molecule has 2 aromatic rings. The smallest absolute Gasteiger partial charge is 0.265 e. The van der Waals surface area contributed by atoms with Gasteiger partial charge >= 0.3 is 0 Å². The Morgan fingerprint density at radius 2 is 1.79 bits per heavy atom. The summed E-state index contributed by atoms with van der Waals surface area (Å²) < 4.78 is 10.9. The maximum atomic E-state index is 12.7. The van der Waals surface area contributed by atoms with Gasteiger partial charge in [-0.3, -0.25) is 9.59 Å². The van der Waals surface area contributed by atoms with Gasteiger partial charge in [-0.1, -0.05) is 38.1 Å². The highest BCUT2D eigenvalue weighted by Crippen LogP contribution is 2.28. The van der Waals surface area contributed by atoms with E-state index in [-0.39, 0.29) is 17.7 Å². The van der Waals surface area contributed by atoms with E-state index in [0.29, 0.717) is 30.2 Å². The van der Waals surface area contributed by atoms with E-state index in [4.69, 9.17) is 9.47 Å². The van der Waals surface area contributed by atoms with Crippen LogP contribution in [0.25, 0.3) is 0 Å². The van der Waals surface area contributed by atoms with E-state index >= 15 is 0 Å². The van der Waals surface area contributed by atoms with Crippen molar-refractivity contribution < 1.29 is 19.1 Å². The standard InChI is InChI=1S/C23H30N2O4/c1-15(2)18-11-10-16(3)14-21(18)29-17(4)22(26)25-20-9-7-6-8-19(20)23(27)24-12-13-28-5/h6-11,14-15,17H,12-13H2,1-5H3,(H,24,27)(H,25,26)/t17-/m1/s1. The van der Waals surface area contributed by atoms with Crippen molar-refractivity contribution in [2.75, 3.05) is 25.6 Å². The van der Waals surface area contributed by atoms with Crippen molar-refractivity contribution in [1.82, 2.24) is 5.32 Å². The van der Waals surface area contributed by atoms with Crippen molar-refractivity contribution >= 4 is 17.5 Å². The minimum Gasteiger partial charge on any atom is -0.481 e. The van der Waals surface area contributed by atoms with Crippen LogP contribution in [0.1, 0.15) is 48.2 Å². The lowest BCUT2D eigenvalue weighted by atomic mass is 10.0. The molecule has 6 heteroatoms. The summed E-state index contributed by atoms with van der Waals surface area (Å²) in [6.07, 6.45) is -0.723. The highest BCUT2D eigenvalue weighted by molar-refractivity contribution is 6.04. The first kappa shape index (κ1) is 22.4. The van der Waals surface area contributed by atoms with Crippen LogP contribution in [0.5, 0.6) is 5.75 Å². The van der Waals surface area contributed by atoms with Gasteiger partial charge in [-0.15, -0.1) is 0 Å². The topological polar surface area (TPSA) is 76.7 Å². The number of aryl methyl sites for hydroxylation is 1. The van der Waals surface area contributed by atoms with Crippen LogP contribution in [-0.2, 0) is 9.53 Å². The zero-order valence-electron chi connectivity index (χ0n) is 17.7. The average Bonchev–Trinajstić information content (AvgIpc) is 2.68. The maximum absolute atomic E-state index is 12.7. The van der Waals surface area contributed by atoms with Gasteiger partial charge in [0.25, 0.3) is 11.8 Å². The van der Waals surface area contributed by atoms with Gasteiger partial charge in [-0.2, -0.15) is 0 Å². The quantitative estimate of drug-likeness (QED) is 0.628. The molecule has 29 heavy (non-hydrogen) atoms. The fourth-order valence-corrected chi connectivity index (χ4v) is 2.85. The highest BCUT2D eigenvalue weighted by Gasteiger charge is 2.20. The summed E-state index contributed by atoms with van der Waals surface area (Å²) in [6, 6.07) is 12.9. The van der Waals surface area contributed by atoms with Crippen molar-refractivity contribution in [3.05, 3.63) is 59.2 Å². The van der Waals surface area contributed by atoms with Crippen LogP contribution in [0.4, 0.5) is 5.69 Å². The molecule has 0 saturated carbocycles. The predicted molar refractivity (Wildman–Crippen MR) is 115 cm³/mol. The second kappa shape index (κ2) is 10.6. The molecule has 0 unspecified atom stereocenters. The van der Waals surface area contributed by atoms with E-state index in [9.17, 15) is 9.59 Å². The molecule has 0 saturated heterocycles. The minimum atomic E-state index is -0.723. The van der Waals surface area contributed by atoms with Crippen LogP contribution in [0, 0.1) is 6.92 Å². The van der Waals surface area contributed by atoms with Crippen molar-refractivity contribution in [3.8, 4) is 5.75 Å². The summed E-state index contributed by atoms with van der Waals surface area (Å²) >= 11 is 0. The summed E-state index contributed by atoms with van der Waals surface area (Å²) in [5, 5.41) is 5.57. The zero-order valence-corrected chi connectivity index (χ0v) is 17.7. The molecular formula is C23H30N2O4. The Bertz CT molecular complexity index is 849. The normalized spacial score (nSPS) is 11.8. The number of rotatable bonds is 9. The molecule has 2 amide bonds. The fraction of sp³-hybridized carbons (Fsp3) is 0.391. The van der Waals surface area contributed by atoms with Gasteiger partial charge in [0.2, 0.25) is 0 Å². The lowest BCUT2D eigenvalue weighted by Crippen LogP contribution is -2.32. The average molecular weight is 399 g/mol. The van der Waals surface area contributed by atoms with Crippen molar-refractivity contribution in [2.45, 2.75) is 39.7 Å². The first-order valence-electron chi connectivity index (χ1n) is 9.77. The van der Waals surface area contributed by atoms with Gasteiger partial charge in [0.1, 0.15) is 5.75 Å². The molecule has 156 valence electrons. The lowest BCUT2D eigenvalue weighted by Gasteiger charge is -2.20. The number of carbonyl (C=O) groups excluding carboxylic acids is 2. The molecule has 0 aliphatic rings. The molecule has 2 aromatic carbocycles. The third-order valence-corrected chi connectivity index (χ3v) is 4.49. The van der Waals surface area contributed by atoms with Gasteiger partial charge in [0, 0.05) is 13.7 Å². The SMILES string of the molecule is COCCNC(=O)c1ccccc1NC(=O)[C@@H](C)Oc1cc(C)ccc1C(C)C. The minimum absolute atomic E-state index is 0.271. The van der Waals surface area contributed by atoms with Gasteiger partial charge in [-0.05, 0) is 49.1 Å². The Morgan fingerprint density at radius 1 is 1.07 bits per heavy atom. The van der Waals surface area contributed by atoms with E-state index in [2.05, 4.69) is 24.5 Å².